The van der Waals surface area contributed by atoms with E-state index in [1.54, 1.807) is 20.8 Å². The van der Waals surface area contributed by atoms with Crippen molar-refractivity contribution in [3.63, 3.8) is 0 Å². The highest BCUT2D eigenvalue weighted by Gasteiger charge is 2.16. The average Bonchev–Trinajstić information content (AvgIpc) is 2.33. The van der Waals surface area contributed by atoms with Crippen molar-refractivity contribution in [3.05, 3.63) is 28.6 Å². The molecule has 110 valence electrons. The molecule has 20 heavy (non-hydrogen) atoms. The second kappa shape index (κ2) is 6.69. The Morgan fingerprint density at radius 3 is 2.80 bits per heavy atom. The van der Waals surface area contributed by atoms with Crippen molar-refractivity contribution >= 4 is 11.8 Å². The average molecular weight is 283 g/mol. The summed E-state index contributed by atoms with van der Waals surface area (Å²) in [7, 11) is 0. The number of ether oxygens (including phenoxy) is 2. The van der Waals surface area contributed by atoms with Crippen molar-refractivity contribution in [2.75, 3.05) is 13.2 Å². The van der Waals surface area contributed by atoms with Crippen LogP contribution in [0.25, 0.3) is 0 Å². The van der Waals surface area contributed by atoms with Crippen LogP contribution >= 0.6 is 0 Å². The van der Waals surface area contributed by atoms with Crippen LogP contribution in [0.2, 0.25) is 0 Å². The minimum atomic E-state index is -0.580. The Morgan fingerprint density at radius 1 is 1.50 bits per heavy atom. The third-order valence-electron chi connectivity index (χ3n) is 1.99. The molecule has 0 unspecified atom stereocenters. The van der Waals surface area contributed by atoms with Crippen LogP contribution in [-0.2, 0) is 4.74 Å². The molecule has 0 radical (unpaired) electrons. The number of hydrogen-bond donors (Lipinski definition) is 1. The lowest BCUT2D eigenvalue weighted by molar-refractivity contribution is -0.386. The van der Waals surface area contributed by atoms with E-state index in [1.807, 2.05) is 0 Å². The van der Waals surface area contributed by atoms with Gasteiger partial charge in [-0.2, -0.15) is 0 Å². The normalized spacial score (nSPS) is 10.8. The molecule has 1 aromatic heterocycles. The number of carbonyl (C=O) groups is 1. The van der Waals surface area contributed by atoms with Gasteiger partial charge in [-0.3, -0.25) is 15.1 Å². The highest BCUT2D eigenvalue weighted by Crippen LogP contribution is 2.24. The molecule has 0 aliphatic carbocycles. The fraction of sp³-hybridized carbons (Fsp3) is 0.500. The molecule has 0 aromatic carbocycles. The third-order valence-corrected chi connectivity index (χ3v) is 1.99. The molecular formula is C12H17N3O5. The van der Waals surface area contributed by atoms with Gasteiger partial charge in [0.1, 0.15) is 18.4 Å². The van der Waals surface area contributed by atoms with Crippen LogP contribution in [0, 0.1) is 10.1 Å². The molecule has 0 aliphatic heterocycles. The van der Waals surface area contributed by atoms with E-state index in [0.717, 1.165) is 6.20 Å². The monoisotopic (exact) mass is 283 g/mol. The smallest absolute Gasteiger partial charge is 0.407 e. The fourth-order valence-corrected chi connectivity index (χ4v) is 1.26. The Balaban J connectivity index is 2.39. The highest BCUT2D eigenvalue weighted by atomic mass is 16.6. The van der Waals surface area contributed by atoms with Gasteiger partial charge in [-0.05, 0) is 20.8 Å². The molecule has 1 rings (SSSR count). The van der Waals surface area contributed by atoms with Gasteiger partial charge in [0, 0.05) is 12.3 Å². The Kier molecular flexibility index (Phi) is 5.24. The number of aromatic nitrogens is 1. The summed E-state index contributed by atoms with van der Waals surface area (Å²) in [6, 6.07) is 1.39. The molecule has 0 aliphatic rings. The van der Waals surface area contributed by atoms with Gasteiger partial charge in [0.15, 0.2) is 5.75 Å². The van der Waals surface area contributed by atoms with Crippen molar-refractivity contribution in [3.8, 4) is 5.75 Å². The van der Waals surface area contributed by atoms with E-state index in [-0.39, 0.29) is 24.6 Å². The Hall–Kier alpha value is -2.38. The second-order valence-corrected chi connectivity index (χ2v) is 4.88. The van der Waals surface area contributed by atoms with Crippen molar-refractivity contribution in [1.82, 2.24) is 10.3 Å². The zero-order chi connectivity index (χ0) is 15.2. The summed E-state index contributed by atoms with van der Waals surface area (Å²) >= 11 is 0. The number of nitro groups is 1. The Bertz CT molecular complexity index is 484. The molecular weight excluding hydrogens is 266 g/mol. The fourth-order valence-electron chi connectivity index (χ4n) is 1.26. The first-order valence-electron chi connectivity index (χ1n) is 5.97. The van der Waals surface area contributed by atoms with Crippen LogP contribution in [0.15, 0.2) is 18.5 Å². The van der Waals surface area contributed by atoms with Crippen LogP contribution in [0.4, 0.5) is 10.5 Å². The molecule has 8 nitrogen and oxygen atoms in total. The molecule has 1 aromatic rings. The van der Waals surface area contributed by atoms with Crippen LogP contribution in [-0.4, -0.2) is 34.8 Å². The van der Waals surface area contributed by atoms with Gasteiger partial charge in [0.2, 0.25) is 0 Å². The lowest BCUT2D eigenvalue weighted by Gasteiger charge is -2.19. The molecule has 1 N–H and O–H groups in total. The van der Waals surface area contributed by atoms with Gasteiger partial charge in [-0.1, -0.05) is 0 Å². The maximum Gasteiger partial charge on any atom is 0.407 e. The highest BCUT2D eigenvalue weighted by molar-refractivity contribution is 5.67. The first kappa shape index (κ1) is 15.7. The number of alkyl carbamates (subject to hydrolysis) is 1. The maximum atomic E-state index is 11.3. The molecule has 0 fully saturated rings. The Morgan fingerprint density at radius 2 is 2.20 bits per heavy atom. The quantitative estimate of drug-likeness (QED) is 0.502. The first-order chi connectivity index (χ1) is 9.29. The van der Waals surface area contributed by atoms with Crippen LogP contribution in [0.3, 0.4) is 0 Å². The van der Waals surface area contributed by atoms with Crippen LogP contribution in [0.1, 0.15) is 20.8 Å². The summed E-state index contributed by atoms with van der Waals surface area (Å²) < 4.78 is 10.3. The van der Waals surface area contributed by atoms with Crippen molar-refractivity contribution in [2.45, 2.75) is 26.4 Å². The number of amides is 1. The third kappa shape index (κ3) is 5.51. The SMILES string of the molecule is CC(C)(C)OC(=O)NCCOc1ccncc1[N+](=O)[O-]. The predicted octanol–water partition coefficient (Wildman–Crippen LogP) is 1.89. The number of carbonyl (C=O) groups excluding carboxylic acids is 1. The van der Waals surface area contributed by atoms with Crippen molar-refractivity contribution in [1.29, 1.82) is 0 Å². The van der Waals surface area contributed by atoms with Crippen molar-refractivity contribution < 1.29 is 19.2 Å². The van der Waals surface area contributed by atoms with Crippen molar-refractivity contribution in [2.24, 2.45) is 0 Å². The summed E-state index contributed by atoms with van der Waals surface area (Å²) in [4.78, 5) is 25.1. The van der Waals surface area contributed by atoms with E-state index >= 15 is 0 Å². The number of hydrogen-bond acceptors (Lipinski definition) is 6. The van der Waals surface area contributed by atoms with Gasteiger partial charge in [0.25, 0.3) is 0 Å². The standard InChI is InChI=1S/C12H17N3O5/c1-12(2,3)20-11(16)14-6-7-19-10-4-5-13-8-9(10)15(17)18/h4-5,8H,6-7H2,1-3H3,(H,14,16). The van der Waals surface area contributed by atoms with Crippen LogP contribution in [0.5, 0.6) is 5.75 Å². The topological polar surface area (TPSA) is 104 Å². The second-order valence-electron chi connectivity index (χ2n) is 4.88. The molecule has 0 saturated heterocycles. The van der Waals surface area contributed by atoms with Gasteiger partial charge in [-0.15, -0.1) is 0 Å². The number of nitrogens with one attached hydrogen (secondary N) is 1. The molecule has 0 bridgehead atoms. The summed E-state index contributed by atoms with van der Waals surface area (Å²) in [5.41, 5.74) is -0.792. The lowest BCUT2D eigenvalue weighted by atomic mass is 10.2. The molecule has 1 amide bonds. The summed E-state index contributed by atoms with van der Waals surface area (Å²) in [6.45, 7) is 5.52. The van der Waals surface area contributed by atoms with Gasteiger partial charge in [0.05, 0.1) is 11.5 Å². The molecule has 1 heterocycles. The van der Waals surface area contributed by atoms with E-state index in [0.29, 0.717) is 0 Å². The maximum absolute atomic E-state index is 11.3. The summed E-state index contributed by atoms with van der Waals surface area (Å²) in [5.74, 6) is 0.107. The van der Waals surface area contributed by atoms with E-state index in [9.17, 15) is 14.9 Å². The van der Waals surface area contributed by atoms with Crippen LogP contribution < -0.4 is 10.1 Å². The molecule has 8 heteroatoms. The van der Waals surface area contributed by atoms with E-state index in [1.165, 1.54) is 12.3 Å². The largest absolute Gasteiger partial charge is 0.485 e. The Labute approximate surface area is 116 Å². The predicted molar refractivity (Wildman–Crippen MR) is 70.6 cm³/mol. The summed E-state index contributed by atoms with van der Waals surface area (Å²) in [5, 5.41) is 13.2. The minimum absolute atomic E-state index is 0.0874. The minimum Gasteiger partial charge on any atom is -0.485 e. The van der Waals surface area contributed by atoms with Gasteiger partial charge in [-0.25, -0.2) is 4.79 Å². The number of nitrogens with zero attached hydrogens (tertiary/aromatic N) is 2. The lowest BCUT2D eigenvalue weighted by Crippen LogP contribution is -2.34. The number of rotatable bonds is 5. The molecule has 0 atom stereocenters. The van der Waals surface area contributed by atoms with E-state index in [2.05, 4.69) is 10.3 Å². The van der Waals surface area contributed by atoms with Gasteiger partial charge >= 0.3 is 11.8 Å². The zero-order valence-electron chi connectivity index (χ0n) is 11.6. The number of pyridine rings is 1. The molecule has 0 saturated carbocycles. The molecule has 0 spiro atoms. The van der Waals surface area contributed by atoms with E-state index < -0.39 is 16.6 Å². The zero-order valence-corrected chi connectivity index (χ0v) is 11.6. The first-order valence-corrected chi connectivity index (χ1v) is 5.97. The summed E-state index contributed by atoms with van der Waals surface area (Å²) in [6.07, 6.45) is 1.94. The van der Waals surface area contributed by atoms with E-state index in [4.69, 9.17) is 9.47 Å². The van der Waals surface area contributed by atoms with Gasteiger partial charge < -0.3 is 14.8 Å².